The second kappa shape index (κ2) is 17.1. The van der Waals surface area contributed by atoms with Crippen LogP contribution in [0.5, 0.6) is 0 Å². The van der Waals surface area contributed by atoms with Crippen molar-refractivity contribution in [2.75, 3.05) is 0 Å². The predicted molar refractivity (Wildman–Crippen MR) is 214 cm³/mol. The molecule has 5 rings (SSSR count). The minimum absolute atomic E-state index is 0.0715. The number of hydrogen-bond acceptors (Lipinski definition) is 2. The molecule has 282 valence electrons. The molecule has 0 aliphatic heterocycles. The van der Waals surface area contributed by atoms with Gasteiger partial charge in [0.25, 0.3) is 0 Å². The molecule has 5 aliphatic rings. The van der Waals surface area contributed by atoms with E-state index in [0.29, 0.717) is 39.9 Å². The fourth-order valence-corrected chi connectivity index (χ4v) is 13.1. The van der Waals surface area contributed by atoms with Crippen LogP contribution in [0.1, 0.15) is 183 Å². The van der Waals surface area contributed by atoms with Crippen LogP contribution in [0.4, 0.5) is 0 Å². The smallest absolute Gasteiger partial charge is 0.306 e. The van der Waals surface area contributed by atoms with Crippen molar-refractivity contribution in [2.45, 2.75) is 189 Å². The van der Waals surface area contributed by atoms with Crippen LogP contribution in [0.2, 0.25) is 0 Å². The minimum atomic E-state index is 0.0715. The quantitative estimate of drug-likeness (QED) is 0.0768. The zero-order chi connectivity index (χ0) is 36.0. The first-order chi connectivity index (χ1) is 24.0. The van der Waals surface area contributed by atoms with Crippen molar-refractivity contribution in [2.24, 2.45) is 57.2 Å². The summed E-state index contributed by atoms with van der Waals surface area (Å²) in [5, 5.41) is 0. The molecule has 0 N–H and O–H groups in total. The van der Waals surface area contributed by atoms with Crippen molar-refractivity contribution in [3.8, 4) is 0 Å². The number of unbranched alkanes of at least 4 members (excludes halogenated alkanes) is 5. The standard InChI is InChI=1S/C48H78O2/c1-9-10-11-12-13-14-15-16-17-18-19-20-21-22-23-24-44(49)50-42-30-32-47-35-48(47)34-33-45(7)40(38(5)26-25-37(4)36(2)3)29-31-46(45,8)43(48)28-27-41(47)39(42)6/h10-11,13-14,16-17,36,38-43H,4,9,12,15,18-35H2,1-3,5-8H3/b11-10-,14-13-,17-16-/t38-,39+,40-,41+,42+,43+,45-,46+,47-,48+/m1/s1. The Morgan fingerprint density at radius 2 is 1.48 bits per heavy atom. The SMILES string of the molecule is C=C(CC[C@@H](C)[C@H]1CC[C@@]2(C)[C@@H]3CC[C@H]4[C@H](C)[C@@H](OC(=O)CCCCCCC/C=C\C/C=C\C/C=C\CC)CC[C@@]45C[C@@]35CC[C@]12C)C(C)C. The summed E-state index contributed by atoms with van der Waals surface area (Å²) in [7, 11) is 0. The van der Waals surface area contributed by atoms with Crippen molar-refractivity contribution < 1.29 is 9.53 Å². The molecule has 5 aliphatic carbocycles. The van der Waals surface area contributed by atoms with E-state index < -0.39 is 0 Å². The highest BCUT2D eigenvalue weighted by Crippen LogP contribution is 2.88. The molecule has 0 amide bonds. The molecule has 0 bridgehead atoms. The molecule has 0 saturated heterocycles. The van der Waals surface area contributed by atoms with Crippen molar-refractivity contribution in [3.05, 3.63) is 48.6 Å². The van der Waals surface area contributed by atoms with Gasteiger partial charge in [-0.25, -0.2) is 0 Å². The second-order valence-corrected chi connectivity index (χ2v) is 19.1. The van der Waals surface area contributed by atoms with Crippen molar-refractivity contribution in [1.29, 1.82) is 0 Å². The number of ether oxygens (including phenoxy) is 1. The lowest BCUT2D eigenvalue weighted by atomic mass is 9.43. The Hall–Kier alpha value is -1.57. The Morgan fingerprint density at radius 3 is 2.22 bits per heavy atom. The summed E-state index contributed by atoms with van der Waals surface area (Å²) in [5.41, 5.74) is 3.53. The maximum atomic E-state index is 13.0. The van der Waals surface area contributed by atoms with Gasteiger partial charge in [0.2, 0.25) is 0 Å². The van der Waals surface area contributed by atoms with Gasteiger partial charge in [-0.3, -0.25) is 4.79 Å². The molecule has 0 heterocycles. The monoisotopic (exact) mass is 687 g/mol. The molecule has 10 atom stereocenters. The van der Waals surface area contributed by atoms with Crippen LogP contribution >= 0.6 is 0 Å². The van der Waals surface area contributed by atoms with Crippen molar-refractivity contribution >= 4 is 5.97 Å². The largest absolute Gasteiger partial charge is 0.462 e. The Labute approximate surface area is 309 Å². The van der Waals surface area contributed by atoms with Gasteiger partial charge in [0, 0.05) is 6.42 Å². The number of carbonyl (C=O) groups is 1. The van der Waals surface area contributed by atoms with E-state index in [-0.39, 0.29) is 12.1 Å². The average Bonchev–Trinajstić information content (AvgIpc) is 3.67. The molecule has 50 heavy (non-hydrogen) atoms. The minimum Gasteiger partial charge on any atom is -0.462 e. The maximum absolute atomic E-state index is 13.0. The number of allylic oxidation sites excluding steroid dienone is 7. The van der Waals surface area contributed by atoms with E-state index in [0.717, 1.165) is 62.2 Å². The van der Waals surface area contributed by atoms with Crippen LogP contribution < -0.4 is 0 Å². The van der Waals surface area contributed by atoms with E-state index in [1.54, 1.807) is 0 Å². The van der Waals surface area contributed by atoms with E-state index >= 15 is 0 Å². The molecule has 0 aromatic rings. The first-order valence-electron chi connectivity index (χ1n) is 21.8. The van der Waals surface area contributed by atoms with Gasteiger partial charge >= 0.3 is 5.97 Å². The zero-order valence-corrected chi connectivity index (χ0v) is 33.9. The van der Waals surface area contributed by atoms with Gasteiger partial charge in [-0.05, 0) is 166 Å². The summed E-state index contributed by atoms with van der Waals surface area (Å²) < 4.78 is 6.31. The topological polar surface area (TPSA) is 26.3 Å². The Morgan fingerprint density at radius 1 is 0.780 bits per heavy atom. The lowest BCUT2D eigenvalue weighted by Crippen LogP contribution is -2.56. The molecular weight excluding hydrogens is 609 g/mol. The molecular formula is C48H78O2. The highest BCUT2D eigenvalue weighted by atomic mass is 16.5. The van der Waals surface area contributed by atoms with Gasteiger partial charge < -0.3 is 4.74 Å². The van der Waals surface area contributed by atoms with E-state index in [4.69, 9.17) is 4.74 Å². The Bertz CT molecular complexity index is 1220. The summed E-state index contributed by atoms with van der Waals surface area (Å²) >= 11 is 0. The van der Waals surface area contributed by atoms with Crippen LogP contribution in [0.25, 0.3) is 0 Å². The van der Waals surface area contributed by atoms with E-state index in [9.17, 15) is 4.79 Å². The number of carbonyl (C=O) groups excluding carboxylic acids is 1. The molecule has 5 fully saturated rings. The van der Waals surface area contributed by atoms with Crippen LogP contribution in [-0.2, 0) is 9.53 Å². The van der Waals surface area contributed by atoms with Crippen LogP contribution in [0.15, 0.2) is 48.6 Å². The van der Waals surface area contributed by atoms with Gasteiger partial charge in [0.1, 0.15) is 6.10 Å². The third-order valence-corrected chi connectivity index (χ3v) is 16.4. The summed E-state index contributed by atoms with van der Waals surface area (Å²) in [6.45, 7) is 21.7. The molecule has 2 heteroatoms. The van der Waals surface area contributed by atoms with E-state index in [1.807, 2.05) is 0 Å². The Balaban J connectivity index is 1.03. The molecule has 0 aromatic carbocycles. The van der Waals surface area contributed by atoms with Crippen LogP contribution in [-0.4, -0.2) is 12.1 Å². The Kier molecular flexibility index (Phi) is 13.5. The van der Waals surface area contributed by atoms with Gasteiger partial charge in [-0.1, -0.05) is 116 Å². The molecule has 0 aromatic heterocycles. The third kappa shape index (κ3) is 7.86. The molecule has 0 unspecified atom stereocenters. The average molecular weight is 687 g/mol. The number of esters is 1. The molecule has 0 radical (unpaired) electrons. The first kappa shape index (κ1) is 39.6. The molecule has 2 nitrogen and oxygen atoms in total. The van der Waals surface area contributed by atoms with Crippen LogP contribution in [0, 0.1) is 57.2 Å². The van der Waals surface area contributed by atoms with Crippen LogP contribution in [0.3, 0.4) is 0 Å². The number of rotatable bonds is 19. The van der Waals surface area contributed by atoms with Crippen molar-refractivity contribution in [1.82, 2.24) is 0 Å². The normalized spacial score (nSPS) is 38.3. The summed E-state index contributed by atoms with van der Waals surface area (Å²) in [6, 6.07) is 0. The molecule has 5 saturated carbocycles. The number of fused-ring (bicyclic) bond motifs is 2. The maximum Gasteiger partial charge on any atom is 0.306 e. The first-order valence-corrected chi connectivity index (χ1v) is 21.8. The van der Waals surface area contributed by atoms with Gasteiger partial charge in [-0.2, -0.15) is 0 Å². The zero-order valence-electron chi connectivity index (χ0n) is 33.9. The summed E-state index contributed by atoms with van der Waals surface area (Å²) in [6.07, 6.45) is 39.6. The van der Waals surface area contributed by atoms with Gasteiger partial charge in [0.05, 0.1) is 0 Å². The molecule has 2 spiro atoms. The third-order valence-electron chi connectivity index (χ3n) is 16.4. The summed E-state index contributed by atoms with van der Waals surface area (Å²) in [4.78, 5) is 13.0. The van der Waals surface area contributed by atoms with Gasteiger partial charge in [0.15, 0.2) is 0 Å². The highest BCUT2D eigenvalue weighted by molar-refractivity contribution is 5.69. The second-order valence-electron chi connectivity index (χ2n) is 19.1. The van der Waals surface area contributed by atoms with Crippen molar-refractivity contribution in [3.63, 3.8) is 0 Å². The summed E-state index contributed by atoms with van der Waals surface area (Å²) in [5.74, 6) is 4.51. The lowest BCUT2D eigenvalue weighted by molar-refractivity contribution is -0.167. The predicted octanol–water partition coefficient (Wildman–Crippen LogP) is 14.2. The fraction of sp³-hybridized carbons (Fsp3) is 0.812. The lowest BCUT2D eigenvalue weighted by Gasteiger charge is -2.62. The van der Waals surface area contributed by atoms with E-state index in [1.165, 1.54) is 95.5 Å². The van der Waals surface area contributed by atoms with E-state index in [2.05, 4.69) is 91.5 Å². The highest BCUT2D eigenvalue weighted by Gasteiger charge is 2.81. The fourth-order valence-electron chi connectivity index (χ4n) is 13.1. The number of hydrogen-bond donors (Lipinski definition) is 0. The van der Waals surface area contributed by atoms with Gasteiger partial charge in [-0.15, -0.1) is 0 Å².